The molecule has 3 N–H and O–H groups in total. The number of carbonyl (C=O) groups excluding carboxylic acids is 2. The average Bonchev–Trinajstić information content (AvgIpc) is 2.46. The summed E-state index contributed by atoms with van der Waals surface area (Å²) >= 11 is 0. The summed E-state index contributed by atoms with van der Waals surface area (Å²) in [6.07, 6.45) is 4.26. The number of piperidine rings is 1. The molecule has 0 bridgehead atoms. The molecule has 0 aliphatic carbocycles. The molecule has 2 amide bonds. The number of nitrogens with one attached hydrogen (secondary N) is 3. The molecule has 0 spiro atoms. The van der Waals surface area contributed by atoms with Gasteiger partial charge < -0.3 is 16.0 Å². The maximum Gasteiger partial charge on any atom is 0.242 e. The molecule has 1 rings (SSSR count). The Labute approximate surface area is 128 Å². The van der Waals surface area contributed by atoms with Crippen molar-refractivity contribution in [3.63, 3.8) is 0 Å². The van der Waals surface area contributed by atoms with Crippen LogP contribution in [0, 0.1) is 11.3 Å². The third-order valence-corrected chi connectivity index (χ3v) is 4.35. The standard InChI is InChI=1S/C16H31N3O2/c1-5-6-16(7-9-18-10-8-16)15(21)19-13(11-12(2)3)14(20)17-4/h12-13,18H,5-11H2,1-4H3,(H,17,20)(H,19,21). The fourth-order valence-corrected chi connectivity index (χ4v) is 3.16. The zero-order valence-corrected chi connectivity index (χ0v) is 13.9. The number of hydrogen-bond acceptors (Lipinski definition) is 3. The molecule has 21 heavy (non-hydrogen) atoms. The van der Waals surface area contributed by atoms with Gasteiger partial charge in [-0.25, -0.2) is 0 Å². The Kier molecular flexibility index (Phi) is 7.15. The van der Waals surface area contributed by atoms with E-state index < -0.39 is 6.04 Å². The van der Waals surface area contributed by atoms with Crippen LogP contribution in [0.2, 0.25) is 0 Å². The molecule has 122 valence electrons. The summed E-state index contributed by atoms with van der Waals surface area (Å²) < 4.78 is 0. The summed E-state index contributed by atoms with van der Waals surface area (Å²) in [5.74, 6) is 0.320. The number of carbonyl (C=O) groups is 2. The van der Waals surface area contributed by atoms with Gasteiger partial charge in [-0.15, -0.1) is 0 Å². The van der Waals surface area contributed by atoms with Crippen LogP contribution in [-0.4, -0.2) is 38.0 Å². The molecule has 1 fully saturated rings. The number of hydrogen-bond donors (Lipinski definition) is 3. The minimum Gasteiger partial charge on any atom is -0.357 e. The van der Waals surface area contributed by atoms with Gasteiger partial charge in [-0.3, -0.25) is 9.59 Å². The van der Waals surface area contributed by atoms with Crippen molar-refractivity contribution in [3.05, 3.63) is 0 Å². The molecular weight excluding hydrogens is 266 g/mol. The van der Waals surface area contributed by atoms with Crippen molar-refractivity contribution < 1.29 is 9.59 Å². The fraction of sp³-hybridized carbons (Fsp3) is 0.875. The second-order valence-corrected chi connectivity index (χ2v) is 6.55. The maximum atomic E-state index is 12.8. The average molecular weight is 297 g/mol. The Hall–Kier alpha value is -1.10. The zero-order chi connectivity index (χ0) is 15.9. The lowest BCUT2D eigenvalue weighted by Crippen LogP contribution is -2.54. The highest BCUT2D eigenvalue weighted by atomic mass is 16.2. The second-order valence-electron chi connectivity index (χ2n) is 6.55. The van der Waals surface area contributed by atoms with E-state index in [0.29, 0.717) is 12.3 Å². The van der Waals surface area contributed by atoms with Gasteiger partial charge in [-0.2, -0.15) is 0 Å². The largest absolute Gasteiger partial charge is 0.357 e. The van der Waals surface area contributed by atoms with Gasteiger partial charge in [0.15, 0.2) is 0 Å². The highest BCUT2D eigenvalue weighted by molar-refractivity contribution is 5.90. The smallest absolute Gasteiger partial charge is 0.242 e. The van der Waals surface area contributed by atoms with E-state index >= 15 is 0 Å². The summed E-state index contributed by atoms with van der Waals surface area (Å²) in [6, 6.07) is -0.425. The Balaban J connectivity index is 2.79. The molecule has 1 saturated heterocycles. The van der Waals surface area contributed by atoms with E-state index in [9.17, 15) is 9.59 Å². The highest BCUT2D eigenvalue weighted by Crippen LogP contribution is 2.34. The summed E-state index contributed by atoms with van der Waals surface area (Å²) in [6.45, 7) is 7.99. The topological polar surface area (TPSA) is 70.2 Å². The molecule has 5 nitrogen and oxygen atoms in total. The van der Waals surface area contributed by atoms with Crippen molar-refractivity contribution in [1.82, 2.24) is 16.0 Å². The van der Waals surface area contributed by atoms with Crippen LogP contribution in [0.3, 0.4) is 0 Å². The van der Waals surface area contributed by atoms with Crippen LogP contribution in [-0.2, 0) is 9.59 Å². The normalized spacial score (nSPS) is 19.1. The van der Waals surface area contributed by atoms with Gasteiger partial charge in [0.05, 0.1) is 5.41 Å². The van der Waals surface area contributed by atoms with E-state index in [0.717, 1.165) is 38.8 Å². The molecule has 5 heteroatoms. The van der Waals surface area contributed by atoms with Crippen molar-refractivity contribution >= 4 is 11.8 Å². The zero-order valence-electron chi connectivity index (χ0n) is 13.9. The van der Waals surface area contributed by atoms with Gasteiger partial charge in [0.1, 0.15) is 6.04 Å². The molecule has 1 aliphatic heterocycles. The minimum atomic E-state index is -0.425. The van der Waals surface area contributed by atoms with E-state index in [1.807, 2.05) is 0 Å². The number of likely N-dealkylation sites (N-methyl/N-ethyl adjacent to an activating group) is 1. The fourth-order valence-electron chi connectivity index (χ4n) is 3.16. The van der Waals surface area contributed by atoms with Gasteiger partial charge in [0.25, 0.3) is 0 Å². The molecular formula is C16H31N3O2. The lowest BCUT2D eigenvalue weighted by molar-refractivity contribution is -0.137. The Bertz CT molecular complexity index is 344. The molecule has 1 unspecified atom stereocenters. The van der Waals surface area contributed by atoms with E-state index in [1.54, 1.807) is 7.05 Å². The van der Waals surface area contributed by atoms with Gasteiger partial charge >= 0.3 is 0 Å². The molecule has 0 saturated carbocycles. The Morgan fingerprint density at radius 3 is 2.33 bits per heavy atom. The molecule has 1 atom stereocenters. The van der Waals surface area contributed by atoms with Crippen LogP contribution in [0.1, 0.15) is 52.9 Å². The van der Waals surface area contributed by atoms with Crippen LogP contribution >= 0.6 is 0 Å². The summed E-state index contributed by atoms with van der Waals surface area (Å²) in [5, 5.41) is 8.99. The third kappa shape index (κ3) is 4.99. The highest BCUT2D eigenvalue weighted by Gasteiger charge is 2.40. The van der Waals surface area contributed by atoms with Crippen LogP contribution in [0.4, 0.5) is 0 Å². The van der Waals surface area contributed by atoms with Gasteiger partial charge in [0, 0.05) is 7.05 Å². The van der Waals surface area contributed by atoms with Gasteiger partial charge in [-0.1, -0.05) is 27.2 Å². The first kappa shape index (κ1) is 18.0. The molecule has 0 aromatic carbocycles. The number of amides is 2. The Morgan fingerprint density at radius 2 is 1.86 bits per heavy atom. The molecule has 1 heterocycles. The van der Waals surface area contributed by atoms with Crippen LogP contribution in [0.5, 0.6) is 0 Å². The summed E-state index contributed by atoms with van der Waals surface area (Å²) in [5.41, 5.74) is -0.302. The predicted octanol–water partition coefficient (Wildman–Crippen LogP) is 1.43. The first-order valence-electron chi connectivity index (χ1n) is 8.18. The minimum absolute atomic E-state index is 0.0556. The van der Waals surface area contributed by atoms with E-state index in [2.05, 4.69) is 36.7 Å². The second kappa shape index (κ2) is 8.37. The van der Waals surface area contributed by atoms with Crippen molar-refractivity contribution in [2.24, 2.45) is 11.3 Å². The predicted molar refractivity (Wildman–Crippen MR) is 84.9 cm³/mol. The summed E-state index contributed by atoms with van der Waals surface area (Å²) in [7, 11) is 1.62. The molecule has 0 aromatic heterocycles. The lowest BCUT2D eigenvalue weighted by Gasteiger charge is -2.37. The maximum absolute atomic E-state index is 12.8. The van der Waals surface area contributed by atoms with Crippen molar-refractivity contribution in [2.75, 3.05) is 20.1 Å². The van der Waals surface area contributed by atoms with E-state index in [1.165, 1.54) is 0 Å². The van der Waals surface area contributed by atoms with E-state index in [-0.39, 0.29) is 17.2 Å². The SMILES string of the molecule is CCCC1(C(=O)NC(CC(C)C)C(=O)NC)CCNCC1. The quantitative estimate of drug-likeness (QED) is 0.666. The first-order chi connectivity index (χ1) is 9.95. The third-order valence-electron chi connectivity index (χ3n) is 4.35. The van der Waals surface area contributed by atoms with Crippen molar-refractivity contribution in [2.45, 2.75) is 58.9 Å². The monoisotopic (exact) mass is 297 g/mol. The van der Waals surface area contributed by atoms with Crippen molar-refractivity contribution in [1.29, 1.82) is 0 Å². The first-order valence-corrected chi connectivity index (χ1v) is 8.18. The summed E-state index contributed by atoms with van der Waals surface area (Å²) in [4.78, 5) is 24.8. The van der Waals surface area contributed by atoms with Crippen molar-refractivity contribution in [3.8, 4) is 0 Å². The molecule has 1 aliphatic rings. The van der Waals surface area contributed by atoms with Gasteiger partial charge in [-0.05, 0) is 44.7 Å². The Morgan fingerprint density at radius 1 is 1.24 bits per heavy atom. The van der Waals surface area contributed by atoms with Crippen LogP contribution < -0.4 is 16.0 Å². The van der Waals surface area contributed by atoms with Crippen LogP contribution in [0.25, 0.3) is 0 Å². The lowest BCUT2D eigenvalue weighted by atomic mass is 9.74. The van der Waals surface area contributed by atoms with Crippen LogP contribution in [0.15, 0.2) is 0 Å². The van der Waals surface area contributed by atoms with Gasteiger partial charge in [0.2, 0.25) is 11.8 Å². The molecule has 0 radical (unpaired) electrons. The van der Waals surface area contributed by atoms with E-state index in [4.69, 9.17) is 0 Å². The number of rotatable bonds is 7. The molecule has 0 aromatic rings.